The molecule has 1 rings (SSSR count). The number of carbonyl (C=O) groups excluding carboxylic acids is 1. The maximum absolute atomic E-state index is 11.6. The highest BCUT2D eigenvalue weighted by Gasteiger charge is 2.12. The molecule has 0 bridgehead atoms. The number of hydrogen-bond acceptors (Lipinski definition) is 5. The molecule has 0 aliphatic carbocycles. The molecule has 3 N–H and O–H groups in total. The van der Waals surface area contributed by atoms with Gasteiger partial charge in [-0.3, -0.25) is 4.79 Å². The summed E-state index contributed by atoms with van der Waals surface area (Å²) in [4.78, 5) is 11.6. The zero-order chi connectivity index (χ0) is 15.3. The van der Waals surface area contributed by atoms with Crippen LogP contribution in [-0.2, 0) is 14.6 Å². The number of ether oxygens (including phenoxy) is 1. The lowest BCUT2D eigenvalue weighted by molar-refractivity contribution is -0.117. The van der Waals surface area contributed by atoms with Gasteiger partial charge in [0.25, 0.3) is 0 Å². The van der Waals surface area contributed by atoms with E-state index in [1.165, 1.54) is 6.07 Å². The molecule has 0 spiro atoms. The number of nitrogens with two attached hydrogens (primary N) is 1. The van der Waals surface area contributed by atoms with Crippen LogP contribution >= 0.6 is 24.0 Å². The van der Waals surface area contributed by atoms with Crippen LogP contribution in [0.5, 0.6) is 5.75 Å². The summed E-state index contributed by atoms with van der Waals surface area (Å²) in [6, 6.07) is 3.97. The SMILES string of the molecule is C[C@H](N)C(=O)Nc1cc(Cl)ccc1OCCS(C)(=O)=O.Cl. The molecule has 1 aromatic carbocycles. The molecule has 1 atom stereocenters. The van der Waals surface area contributed by atoms with E-state index in [-0.39, 0.29) is 30.7 Å². The molecule has 0 aromatic heterocycles. The molecule has 0 aliphatic rings. The smallest absolute Gasteiger partial charge is 0.241 e. The number of carbonyl (C=O) groups is 1. The van der Waals surface area contributed by atoms with E-state index in [4.69, 9.17) is 22.1 Å². The molecule has 0 saturated carbocycles. The van der Waals surface area contributed by atoms with Crippen molar-refractivity contribution in [3.63, 3.8) is 0 Å². The number of sulfone groups is 1. The standard InChI is InChI=1S/C12H17ClN2O4S.ClH/c1-8(14)12(16)15-10-7-9(13)3-4-11(10)19-5-6-20(2,17)18;/h3-4,7-8H,5-6,14H2,1-2H3,(H,15,16);1H/t8-;/m0./s1. The summed E-state index contributed by atoms with van der Waals surface area (Å²) in [6.07, 6.45) is 1.12. The van der Waals surface area contributed by atoms with Crippen LogP contribution in [0, 0.1) is 0 Å². The molecule has 0 unspecified atom stereocenters. The van der Waals surface area contributed by atoms with Gasteiger partial charge in [-0.05, 0) is 25.1 Å². The number of nitrogens with one attached hydrogen (secondary N) is 1. The first kappa shape index (κ1) is 20.0. The predicted molar refractivity (Wildman–Crippen MR) is 86.2 cm³/mol. The Bertz CT molecular complexity index is 591. The van der Waals surface area contributed by atoms with Crippen molar-refractivity contribution in [2.75, 3.05) is 23.9 Å². The van der Waals surface area contributed by atoms with E-state index in [0.717, 1.165) is 6.26 Å². The molecule has 0 radical (unpaired) electrons. The van der Waals surface area contributed by atoms with E-state index in [1.54, 1.807) is 19.1 Å². The van der Waals surface area contributed by atoms with Crippen molar-refractivity contribution in [1.29, 1.82) is 0 Å². The van der Waals surface area contributed by atoms with Crippen molar-refractivity contribution in [2.24, 2.45) is 5.73 Å². The Hall–Kier alpha value is -1.02. The number of benzene rings is 1. The van der Waals surface area contributed by atoms with Crippen LogP contribution in [0.3, 0.4) is 0 Å². The van der Waals surface area contributed by atoms with E-state index in [1.807, 2.05) is 0 Å². The first-order chi connectivity index (χ1) is 9.19. The lowest BCUT2D eigenvalue weighted by Crippen LogP contribution is -2.32. The van der Waals surface area contributed by atoms with Crippen LogP contribution in [-0.4, -0.2) is 39.0 Å². The van der Waals surface area contributed by atoms with E-state index in [9.17, 15) is 13.2 Å². The van der Waals surface area contributed by atoms with E-state index in [2.05, 4.69) is 5.32 Å². The zero-order valence-electron chi connectivity index (χ0n) is 11.6. The Morgan fingerprint density at radius 3 is 2.62 bits per heavy atom. The highest BCUT2D eigenvalue weighted by molar-refractivity contribution is 7.90. The second-order valence-corrected chi connectivity index (χ2v) is 7.09. The number of rotatable bonds is 6. The molecule has 6 nitrogen and oxygen atoms in total. The third-order valence-corrected chi connectivity index (χ3v) is 3.47. The van der Waals surface area contributed by atoms with Gasteiger partial charge in [0.05, 0.1) is 17.5 Å². The molecule has 1 aromatic rings. The monoisotopic (exact) mass is 356 g/mol. The summed E-state index contributed by atoms with van der Waals surface area (Å²) in [5, 5.41) is 2.99. The molecular weight excluding hydrogens is 339 g/mol. The lowest BCUT2D eigenvalue weighted by Gasteiger charge is -2.14. The average Bonchev–Trinajstić information content (AvgIpc) is 2.30. The Labute approximate surface area is 135 Å². The van der Waals surface area contributed by atoms with E-state index in [0.29, 0.717) is 16.5 Å². The Kier molecular flexibility index (Phi) is 8.02. The van der Waals surface area contributed by atoms with Gasteiger partial charge in [0.2, 0.25) is 5.91 Å². The van der Waals surface area contributed by atoms with E-state index < -0.39 is 15.9 Å². The maximum Gasteiger partial charge on any atom is 0.241 e. The van der Waals surface area contributed by atoms with Crippen LogP contribution in [0.4, 0.5) is 5.69 Å². The van der Waals surface area contributed by atoms with Crippen LogP contribution in [0.2, 0.25) is 5.02 Å². The number of hydrogen-bond donors (Lipinski definition) is 2. The number of halogens is 2. The van der Waals surface area contributed by atoms with Gasteiger partial charge in [-0.15, -0.1) is 12.4 Å². The molecule has 120 valence electrons. The van der Waals surface area contributed by atoms with Crippen molar-refractivity contribution in [1.82, 2.24) is 0 Å². The molecule has 0 heterocycles. The third-order valence-electron chi connectivity index (χ3n) is 2.32. The number of anilines is 1. The molecule has 0 saturated heterocycles. The topological polar surface area (TPSA) is 98.5 Å². The van der Waals surface area contributed by atoms with Gasteiger partial charge in [-0.1, -0.05) is 11.6 Å². The predicted octanol–water partition coefficient (Wildman–Crippen LogP) is 1.47. The minimum absolute atomic E-state index is 0. The fourth-order valence-electron chi connectivity index (χ4n) is 1.28. The first-order valence-electron chi connectivity index (χ1n) is 5.85. The highest BCUT2D eigenvalue weighted by atomic mass is 35.5. The molecule has 9 heteroatoms. The van der Waals surface area contributed by atoms with Gasteiger partial charge < -0.3 is 15.8 Å². The van der Waals surface area contributed by atoms with Gasteiger partial charge in [0.1, 0.15) is 12.4 Å². The van der Waals surface area contributed by atoms with Gasteiger partial charge in [-0.2, -0.15) is 0 Å². The molecular formula is C12H18Cl2N2O4S. The Morgan fingerprint density at radius 1 is 1.48 bits per heavy atom. The summed E-state index contributed by atoms with van der Waals surface area (Å²) >= 11 is 5.85. The summed E-state index contributed by atoms with van der Waals surface area (Å²) < 4.78 is 27.4. The fourth-order valence-corrected chi connectivity index (χ4v) is 1.83. The van der Waals surface area contributed by atoms with Gasteiger partial charge in [0.15, 0.2) is 9.84 Å². The van der Waals surface area contributed by atoms with Crippen LogP contribution in [0.15, 0.2) is 18.2 Å². The van der Waals surface area contributed by atoms with E-state index >= 15 is 0 Å². The quantitative estimate of drug-likeness (QED) is 0.803. The summed E-state index contributed by atoms with van der Waals surface area (Å²) in [6.45, 7) is 1.53. The van der Waals surface area contributed by atoms with Crippen molar-refractivity contribution in [3.05, 3.63) is 23.2 Å². The number of amides is 1. The summed E-state index contributed by atoms with van der Waals surface area (Å²) in [5.74, 6) is -0.164. The van der Waals surface area contributed by atoms with Crippen molar-refractivity contribution in [2.45, 2.75) is 13.0 Å². The van der Waals surface area contributed by atoms with Crippen molar-refractivity contribution in [3.8, 4) is 5.75 Å². The molecule has 0 fully saturated rings. The van der Waals surface area contributed by atoms with Gasteiger partial charge in [0, 0.05) is 11.3 Å². The fraction of sp³-hybridized carbons (Fsp3) is 0.417. The minimum atomic E-state index is -3.11. The highest BCUT2D eigenvalue weighted by Crippen LogP contribution is 2.28. The third kappa shape index (κ3) is 7.52. The average molecular weight is 357 g/mol. The minimum Gasteiger partial charge on any atom is -0.490 e. The molecule has 21 heavy (non-hydrogen) atoms. The first-order valence-corrected chi connectivity index (χ1v) is 8.29. The summed E-state index contributed by atoms with van der Waals surface area (Å²) in [7, 11) is -3.11. The lowest BCUT2D eigenvalue weighted by atomic mass is 10.2. The maximum atomic E-state index is 11.6. The second-order valence-electron chi connectivity index (χ2n) is 4.40. The normalized spacial score (nSPS) is 12.2. The Morgan fingerprint density at radius 2 is 2.10 bits per heavy atom. The Balaban J connectivity index is 0.00000400. The van der Waals surface area contributed by atoms with Crippen LogP contribution in [0.1, 0.15) is 6.92 Å². The summed E-state index contributed by atoms with van der Waals surface area (Å²) in [5.41, 5.74) is 5.82. The second kappa shape index (κ2) is 8.43. The van der Waals surface area contributed by atoms with Gasteiger partial charge >= 0.3 is 0 Å². The molecule has 0 aliphatic heterocycles. The van der Waals surface area contributed by atoms with Crippen molar-refractivity contribution < 1.29 is 17.9 Å². The zero-order valence-corrected chi connectivity index (χ0v) is 14.0. The molecule has 1 amide bonds. The van der Waals surface area contributed by atoms with Crippen LogP contribution < -0.4 is 15.8 Å². The van der Waals surface area contributed by atoms with Crippen LogP contribution in [0.25, 0.3) is 0 Å². The largest absolute Gasteiger partial charge is 0.490 e. The van der Waals surface area contributed by atoms with Crippen molar-refractivity contribution >= 4 is 45.4 Å². The van der Waals surface area contributed by atoms with Gasteiger partial charge in [-0.25, -0.2) is 8.42 Å².